The average Bonchev–Trinajstić information content (AvgIpc) is 3.06. The van der Waals surface area contributed by atoms with Gasteiger partial charge in [0.25, 0.3) is 0 Å². The lowest BCUT2D eigenvalue weighted by Gasteiger charge is -2.03. The van der Waals surface area contributed by atoms with Gasteiger partial charge in [-0.15, -0.1) is 0 Å². The summed E-state index contributed by atoms with van der Waals surface area (Å²) >= 11 is 0. The second-order valence-electron chi connectivity index (χ2n) is 5.87. The van der Waals surface area contributed by atoms with E-state index in [0.717, 1.165) is 16.6 Å². The molecule has 1 heterocycles. The second-order valence-corrected chi connectivity index (χ2v) is 5.87. The molecule has 2 aromatic carbocycles. The maximum atomic E-state index is 11.7. The molecule has 2 amide bonds. The molecule has 6 nitrogen and oxygen atoms in total. The highest BCUT2D eigenvalue weighted by Gasteiger charge is 2.07. The SMILES string of the molecule is C/C=C/C(=O)Nc1ccc(-c2nc3ccc(NC(=O)/C=C/C)cc3[nH]2)cc1. The average molecular weight is 360 g/mol. The Morgan fingerprint density at radius 3 is 2.11 bits per heavy atom. The summed E-state index contributed by atoms with van der Waals surface area (Å²) in [4.78, 5) is 31.1. The van der Waals surface area contributed by atoms with E-state index in [-0.39, 0.29) is 11.8 Å². The lowest BCUT2D eigenvalue weighted by atomic mass is 10.2. The van der Waals surface area contributed by atoms with Crippen LogP contribution >= 0.6 is 0 Å². The summed E-state index contributed by atoms with van der Waals surface area (Å²) in [6.45, 7) is 3.59. The number of allylic oxidation sites excluding steroid dienone is 2. The smallest absolute Gasteiger partial charge is 0.248 e. The summed E-state index contributed by atoms with van der Waals surface area (Å²) in [5, 5.41) is 5.58. The van der Waals surface area contributed by atoms with Crippen LogP contribution in [-0.2, 0) is 9.59 Å². The van der Waals surface area contributed by atoms with E-state index >= 15 is 0 Å². The van der Waals surface area contributed by atoms with Crippen molar-refractivity contribution in [3.8, 4) is 11.4 Å². The number of hydrogen-bond acceptors (Lipinski definition) is 3. The zero-order valence-corrected chi connectivity index (χ0v) is 15.1. The van der Waals surface area contributed by atoms with Crippen LogP contribution in [0.5, 0.6) is 0 Å². The molecule has 0 aliphatic rings. The summed E-state index contributed by atoms with van der Waals surface area (Å²) in [5.74, 6) is 0.377. The third-order valence-corrected chi connectivity index (χ3v) is 3.81. The first-order chi connectivity index (χ1) is 13.1. The number of benzene rings is 2. The van der Waals surface area contributed by atoms with Crippen molar-refractivity contribution in [3.63, 3.8) is 0 Å². The molecule has 0 unspecified atom stereocenters. The minimum Gasteiger partial charge on any atom is -0.338 e. The molecule has 27 heavy (non-hydrogen) atoms. The van der Waals surface area contributed by atoms with Gasteiger partial charge in [-0.05, 0) is 68.5 Å². The lowest BCUT2D eigenvalue weighted by molar-refractivity contribution is -0.112. The van der Waals surface area contributed by atoms with Crippen molar-refractivity contribution in [2.24, 2.45) is 0 Å². The van der Waals surface area contributed by atoms with E-state index in [1.165, 1.54) is 12.2 Å². The molecule has 0 radical (unpaired) electrons. The first kappa shape index (κ1) is 18.1. The summed E-state index contributed by atoms with van der Waals surface area (Å²) in [5.41, 5.74) is 3.94. The van der Waals surface area contributed by atoms with Gasteiger partial charge in [0.2, 0.25) is 11.8 Å². The van der Waals surface area contributed by atoms with Gasteiger partial charge in [0.1, 0.15) is 5.82 Å². The van der Waals surface area contributed by atoms with Gasteiger partial charge >= 0.3 is 0 Å². The molecule has 1 aromatic heterocycles. The molecule has 6 heteroatoms. The molecular formula is C21H20N4O2. The van der Waals surface area contributed by atoms with E-state index in [0.29, 0.717) is 17.2 Å². The third-order valence-electron chi connectivity index (χ3n) is 3.81. The van der Waals surface area contributed by atoms with Crippen LogP contribution in [0.25, 0.3) is 22.4 Å². The van der Waals surface area contributed by atoms with E-state index in [9.17, 15) is 9.59 Å². The number of amides is 2. The summed E-state index contributed by atoms with van der Waals surface area (Å²) in [6.07, 6.45) is 6.32. The molecule has 0 atom stereocenters. The first-order valence-corrected chi connectivity index (χ1v) is 8.56. The van der Waals surface area contributed by atoms with Crippen molar-refractivity contribution >= 4 is 34.2 Å². The zero-order valence-electron chi connectivity index (χ0n) is 15.1. The molecule has 0 aliphatic heterocycles. The molecule has 3 N–H and O–H groups in total. The molecule has 0 spiro atoms. The minimum atomic E-state index is -0.174. The summed E-state index contributed by atoms with van der Waals surface area (Å²) < 4.78 is 0. The number of fused-ring (bicyclic) bond motifs is 1. The fraction of sp³-hybridized carbons (Fsp3) is 0.0952. The van der Waals surface area contributed by atoms with Crippen LogP contribution in [0.2, 0.25) is 0 Å². The predicted octanol–water partition coefficient (Wildman–Crippen LogP) is 4.26. The Morgan fingerprint density at radius 1 is 0.889 bits per heavy atom. The Hall–Kier alpha value is -3.67. The minimum absolute atomic E-state index is 0.165. The van der Waals surface area contributed by atoms with Crippen LogP contribution in [0.15, 0.2) is 66.8 Å². The standard InChI is InChI=1S/C21H20N4O2/c1-3-5-19(26)22-15-9-7-14(8-10-15)21-24-17-12-11-16(13-18(17)25-21)23-20(27)6-4-2/h3-13H,1-2H3,(H,22,26)(H,23,27)(H,24,25)/b5-3+,6-4+. The van der Waals surface area contributed by atoms with Crippen LogP contribution in [0.4, 0.5) is 11.4 Å². The number of carbonyl (C=O) groups is 2. The molecule has 136 valence electrons. The van der Waals surface area contributed by atoms with E-state index in [1.807, 2.05) is 42.5 Å². The van der Waals surface area contributed by atoms with E-state index in [4.69, 9.17) is 0 Å². The molecule has 0 aliphatic carbocycles. The Balaban J connectivity index is 1.80. The number of aromatic nitrogens is 2. The number of aromatic amines is 1. The Kier molecular flexibility index (Phi) is 5.47. The van der Waals surface area contributed by atoms with Gasteiger partial charge in [-0.1, -0.05) is 12.2 Å². The number of nitrogens with one attached hydrogen (secondary N) is 3. The number of imidazole rings is 1. The van der Waals surface area contributed by atoms with Gasteiger partial charge in [0.15, 0.2) is 0 Å². The van der Waals surface area contributed by atoms with Crippen molar-refractivity contribution < 1.29 is 9.59 Å². The number of rotatable bonds is 5. The van der Waals surface area contributed by atoms with Gasteiger partial charge in [-0.2, -0.15) is 0 Å². The highest BCUT2D eigenvalue weighted by atomic mass is 16.2. The fourth-order valence-electron chi connectivity index (χ4n) is 2.61. The highest BCUT2D eigenvalue weighted by molar-refractivity contribution is 6.00. The number of hydrogen-bond donors (Lipinski definition) is 3. The zero-order chi connectivity index (χ0) is 19.2. The Bertz CT molecular complexity index is 1030. The van der Waals surface area contributed by atoms with E-state index in [1.54, 1.807) is 26.0 Å². The Labute approximate surface area is 157 Å². The molecule has 3 rings (SSSR count). The molecule has 0 bridgehead atoms. The number of carbonyl (C=O) groups excluding carboxylic acids is 2. The van der Waals surface area contributed by atoms with Gasteiger partial charge in [-0.3, -0.25) is 9.59 Å². The van der Waals surface area contributed by atoms with Crippen LogP contribution < -0.4 is 10.6 Å². The second kappa shape index (κ2) is 8.14. The van der Waals surface area contributed by atoms with Crippen LogP contribution in [-0.4, -0.2) is 21.8 Å². The fourth-order valence-corrected chi connectivity index (χ4v) is 2.61. The van der Waals surface area contributed by atoms with Gasteiger partial charge in [0.05, 0.1) is 11.0 Å². The maximum absolute atomic E-state index is 11.7. The summed E-state index contributed by atoms with van der Waals surface area (Å²) in [6, 6.07) is 12.9. The Morgan fingerprint density at radius 2 is 1.48 bits per heavy atom. The van der Waals surface area contributed by atoms with Crippen LogP contribution in [0.3, 0.4) is 0 Å². The van der Waals surface area contributed by atoms with Crippen molar-refractivity contribution in [2.45, 2.75) is 13.8 Å². The summed E-state index contributed by atoms with van der Waals surface area (Å²) in [7, 11) is 0. The van der Waals surface area contributed by atoms with Crippen molar-refractivity contribution in [3.05, 3.63) is 66.8 Å². The van der Waals surface area contributed by atoms with E-state index < -0.39 is 0 Å². The van der Waals surface area contributed by atoms with Crippen LogP contribution in [0, 0.1) is 0 Å². The van der Waals surface area contributed by atoms with E-state index in [2.05, 4.69) is 20.6 Å². The lowest BCUT2D eigenvalue weighted by Crippen LogP contribution is -2.07. The molecule has 0 saturated carbocycles. The number of anilines is 2. The largest absolute Gasteiger partial charge is 0.338 e. The monoisotopic (exact) mass is 360 g/mol. The van der Waals surface area contributed by atoms with Crippen molar-refractivity contribution in [1.29, 1.82) is 0 Å². The molecule has 0 saturated heterocycles. The quantitative estimate of drug-likeness (QED) is 0.594. The van der Waals surface area contributed by atoms with Crippen molar-refractivity contribution in [1.82, 2.24) is 9.97 Å². The number of nitrogens with zero attached hydrogens (tertiary/aromatic N) is 1. The predicted molar refractivity (Wildman–Crippen MR) is 108 cm³/mol. The molecule has 0 fully saturated rings. The van der Waals surface area contributed by atoms with Gasteiger partial charge in [0, 0.05) is 16.9 Å². The number of H-pyrrole nitrogens is 1. The van der Waals surface area contributed by atoms with Crippen molar-refractivity contribution in [2.75, 3.05) is 10.6 Å². The molecular weight excluding hydrogens is 340 g/mol. The molecule has 3 aromatic rings. The van der Waals surface area contributed by atoms with Gasteiger partial charge in [-0.25, -0.2) is 4.98 Å². The highest BCUT2D eigenvalue weighted by Crippen LogP contribution is 2.24. The normalized spacial score (nSPS) is 11.3. The van der Waals surface area contributed by atoms with Crippen LogP contribution in [0.1, 0.15) is 13.8 Å². The van der Waals surface area contributed by atoms with Gasteiger partial charge < -0.3 is 15.6 Å². The third kappa shape index (κ3) is 4.49. The maximum Gasteiger partial charge on any atom is 0.248 e. The first-order valence-electron chi connectivity index (χ1n) is 8.56. The topological polar surface area (TPSA) is 86.9 Å².